The fraction of sp³-hybridized carbons (Fsp3) is 0.667. The van der Waals surface area contributed by atoms with Crippen LogP contribution in [0.1, 0.15) is 64.9 Å². The molecule has 1 rings (SSSR count). The summed E-state index contributed by atoms with van der Waals surface area (Å²) in [6.45, 7) is 7.41. The highest BCUT2D eigenvalue weighted by Gasteiger charge is 2.17. The Morgan fingerprint density at radius 3 is 2.30 bits per heavy atom. The van der Waals surface area contributed by atoms with Crippen LogP contribution in [0.2, 0.25) is 0 Å². The van der Waals surface area contributed by atoms with Crippen LogP contribution in [0.3, 0.4) is 0 Å². The summed E-state index contributed by atoms with van der Waals surface area (Å²) in [5.74, 6) is 0.526. The van der Waals surface area contributed by atoms with Crippen LogP contribution < -0.4 is 9.62 Å². The molecule has 1 aromatic rings. The van der Waals surface area contributed by atoms with E-state index in [9.17, 15) is 13.2 Å². The van der Waals surface area contributed by atoms with Crippen molar-refractivity contribution in [3.63, 3.8) is 0 Å². The van der Waals surface area contributed by atoms with E-state index in [2.05, 4.69) is 26.1 Å². The Labute approximate surface area is 165 Å². The van der Waals surface area contributed by atoms with Gasteiger partial charge in [0, 0.05) is 19.5 Å². The number of carbonyl (C=O) groups excluding carboxylic acids is 1. The number of aryl methyl sites for hydroxylation is 1. The highest BCUT2D eigenvalue weighted by Crippen LogP contribution is 2.19. The number of anilines is 1. The SMILES string of the molecule is CCCC[C@@H](CC)CNC(=O)CCCN(c1ccc(CC)cc1)S(C)(=O)=O. The van der Waals surface area contributed by atoms with Gasteiger partial charge in [0.1, 0.15) is 0 Å². The zero-order valence-electron chi connectivity index (χ0n) is 17.3. The molecule has 0 saturated heterocycles. The normalized spacial score (nSPS) is 12.6. The van der Waals surface area contributed by atoms with Gasteiger partial charge in [-0.25, -0.2) is 8.42 Å². The van der Waals surface area contributed by atoms with Gasteiger partial charge in [0.15, 0.2) is 0 Å². The lowest BCUT2D eigenvalue weighted by atomic mass is 9.99. The molecular weight excluding hydrogens is 360 g/mol. The summed E-state index contributed by atoms with van der Waals surface area (Å²) in [5.41, 5.74) is 1.82. The van der Waals surface area contributed by atoms with E-state index in [-0.39, 0.29) is 5.91 Å². The lowest BCUT2D eigenvalue weighted by molar-refractivity contribution is -0.121. The number of amides is 1. The van der Waals surface area contributed by atoms with E-state index in [0.717, 1.165) is 19.3 Å². The van der Waals surface area contributed by atoms with Crippen LogP contribution in [-0.4, -0.2) is 33.7 Å². The second kappa shape index (κ2) is 12.0. The van der Waals surface area contributed by atoms with E-state index in [1.54, 1.807) is 0 Å². The van der Waals surface area contributed by atoms with E-state index in [1.807, 2.05) is 24.3 Å². The van der Waals surface area contributed by atoms with Crippen molar-refractivity contribution in [2.45, 2.75) is 65.7 Å². The lowest BCUT2D eigenvalue weighted by Gasteiger charge is -2.22. The summed E-state index contributed by atoms with van der Waals surface area (Å²) in [6, 6.07) is 7.56. The molecular formula is C21H36N2O3S. The Kier molecular flexibility index (Phi) is 10.4. The van der Waals surface area contributed by atoms with Gasteiger partial charge >= 0.3 is 0 Å². The number of nitrogens with zero attached hydrogens (tertiary/aromatic N) is 1. The van der Waals surface area contributed by atoms with Gasteiger partial charge in [-0.3, -0.25) is 9.10 Å². The monoisotopic (exact) mass is 396 g/mol. The predicted octanol–water partition coefficient (Wildman–Crippen LogP) is 4.13. The fourth-order valence-corrected chi connectivity index (χ4v) is 4.02. The third-order valence-electron chi connectivity index (χ3n) is 4.93. The van der Waals surface area contributed by atoms with Gasteiger partial charge in [-0.05, 0) is 42.9 Å². The summed E-state index contributed by atoms with van der Waals surface area (Å²) >= 11 is 0. The van der Waals surface area contributed by atoms with Crippen LogP contribution in [0.15, 0.2) is 24.3 Å². The molecule has 154 valence electrons. The van der Waals surface area contributed by atoms with Gasteiger partial charge < -0.3 is 5.32 Å². The highest BCUT2D eigenvalue weighted by molar-refractivity contribution is 7.92. The molecule has 0 aliphatic heterocycles. The summed E-state index contributed by atoms with van der Waals surface area (Å²) in [5, 5.41) is 3.00. The van der Waals surface area contributed by atoms with Crippen LogP contribution in [0.4, 0.5) is 5.69 Å². The Balaban J connectivity index is 2.52. The Hall–Kier alpha value is -1.56. The predicted molar refractivity (Wildman–Crippen MR) is 114 cm³/mol. The summed E-state index contributed by atoms with van der Waals surface area (Å²) in [7, 11) is -3.37. The first-order valence-corrected chi connectivity index (χ1v) is 12.0. The topological polar surface area (TPSA) is 66.5 Å². The molecule has 0 aliphatic carbocycles. The molecule has 1 amide bonds. The number of nitrogens with one attached hydrogen (secondary N) is 1. The zero-order valence-corrected chi connectivity index (χ0v) is 18.1. The smallest absolute Gasteiger partial charge is 0.232 e. The van der Waals surface area contributed by atoms with E-state index >= 15 is 0 Å². The third kappa shape index (κ3) is 8.78. The Morgan fingerprint density at radius 1 is 1.11 bits per heavy atom. The van der Waals surface area contributed by atoms with E-state index in [0.29, 0.717) is 37.5 Å². The van der Waals surface area contributed by atoms with Gasteiger partial charge in [0.05, 0.1) is 11.9 Å². The third-order valence-corrected chi connectivity index (χ3v) is 6.12. The standard InChI is InChI=1S/C21H36N2O3S/c1-5-8-10-19(7-3)17-22-21(24)11-9-16-23(27(4,25)26)20-14-12-18(6-2)13-15-20/h12-15,19H,5-11,16-17H2,1-4H3,(H,22,24)/t19-/m1/s1. The minimum Gasteiger partial charge on any atom is -0.356 e. The van der Waals surface area contributed by atoms with E-state index < -0.39 is 10.0 Å². The van der Waals surface area contributed by atoms with Gasteiger partial charge in [0.2, 0.25) is 15.9 Å². The molecule has 0 saturated carbocycles. The molecule has 0 heterocycles. The quantitative estimate of drug-likeness (QED) is 0.545. The molecule has 0 unspecified atom stereocenters. The maximum atomic E-state index is 12.1. The van der Waals surface area contributed by atoms with Crippen molar-refractivity contribution >= 4 is 21.6 Å². The first kappa shape index (κ1) is 23.5. The minimum absolute atomic E-state index is 0.000250. The van der Waals surface area contributed by atoms with Crippen LogP contribution in [0.5, 0.6) is 0 Å². The molecule has 0 spiro atoms. The molecule has 5 nitrogen and oxygen atoms in total. The molecule has 0 aromatic heterocycles. The van der Waals surface area contributed by atoms with Gasteiger partial charge in [0.25, 0.3) is 0 Å². The largest absolute Gasteiger partial charge is 0.356 e. The van der Waals surface area contributed by atoms with Crippen molar-refractivity contribution in [3.8, 4) is 0 Å². The van der Waals surface area contributed by atoms with Crippen LogP contribution in [0.25, 0.3) is 0 Å². The first-order chi connectivity index (χ1) is 12.8. The second-order valence-corrected chi connectivity index (χ2v) is 9.09. The summed E-state index contributed by atoms with van der Waals surface area (Å²) < 4.78 is 25.7. The van der Waals surface area contributed by atoms with Gasteiger partial charge in [-0.2, -0.15) is 0 Å². The average Bonchev–Trinajstić information content (AvgIpc) is 2.64. The lowest BCUT2D eigenvalue weighted by Crippen LogP contribution is -2.33. The number of unbranched alkanes of at least 4 members (excludes halogenated alkanes) is 1. The van der Waals surface area contributed by atoms with Crippen molar-refractivity contribution in [1.29, 1.82) is 0 Å². The molecule has 1 N–H and O–H groups in total. The van der Waals surface area contributed by atoms with Crippen LogP contribution >= 0.6 is 0 Å². The molecule has 0 bridgehead atoms. The summed E-state index contributed by atoms with van der Waals surface area (Å²) in [4.78, 5) is 12.1. The molecule has 6 heteroatoms. The number of hydrogen-bond acceptors (Lipinski definition) is 3. The van der Waals surface area contributed by atoms with Crippen molar-refractivity contribution in [1.82, 2.24) is 5.32 Å². The second-order valence-electron chi connectivity index (χ2n) is 7.18. The van der Waals surface area contributed by atoms with Crippen molar-refractivity contribution < 1.29 is 13.2 Å². The molecule has 27 heavy (non-hydrogen) atoms. The number of hydrogen-bond donors (Lipinski definition) is 1. The molecule has 0 aliphatic rings. The van der Waals surface area contributed by atoms with Crippen molar-refractivity contribution in [2.75, 3.05) is 23.7 Å². The molecule has 1 atom stereocenters. The van der Waals surface area contributed by atoms with Crippen molar-refractivity contribution in [3.05, 3.63) is 29.8 Å². The van der Waals surface area contributed by atoms with E-state index in [1.165, 1.54) is 29.0 Å². The maximum absolute atomic E-state index is 12.1. The fourth-order valence-electron chi connectivity index (χ4n) is 3.06. The number of rotatable bonds is 13. The van der Waals surface area contributed by atoms with Crippen molar-refractivity contribution in [2.24, 2.45) is 5.92 Å². The Bertz CT molecular complexity index is 657. The Morgan fingerprint density at radius 2 is 1.78 bits per heavy atom. The van der Waals surface area contributed by atoms with Gasteiger partial charge in [-0.1, -0.05) is 52.2 Å². The highest BCUT2D eigenvalue weighted by atomic mass is 32.2. The van der Waals surface area contributed by atoms with Crippen LogP contribution in [-0.2, 0) is 21.2 Å². The first-order valence-electron chi connectivity index (χ1n) is 10.1. The molecule has 1 aromatic carbocycles. The summed E-state index contributed by atoms with van der Waals surface area (Å²) in [6.07, 6.45) is 7.53. The number of carbonyl (C=O) groups is 1. The van der Waals surface area contributed by atoms with Crippen LogP contribution in [0, 0.1) is 5.92 Å². The number of benzene rings is 1. The molecule has 0 fully saturated rings. The maximum Gasteiger partial charge on any atom is 0.232 e. The zero-order chi connectivity index (χ0) is 20.3. The van der Waals surface area contributed by atoms with E-state index in [4.69, 9.17) is 0 Å². The number of sulfonamides is 1. The molecule has 0 radical (unpaired) electrons. The minimum atomic E-state index is -3.37. The average molecular weight is 397 g/mol. The van der Waals surface area contributed by atoms with Gasteiger partial charge in [-0.15, -0.1) is 0 Å².